The molecule has 3 unspecified atom stereocenters. The van der Waals surface area contributed by atoms with Crippen LogP contribution in [0.5, 0.6) is 0 Å². The Balaban J connectivity index is 1.54. The summed E-state index contributed by atoms with van der Waals surface area (Å²) in [6, 6.07) is 7.29. The Bertz CT molecular complexity index is 1160. The maximum absolute atomic E-state index is 13.6. The minimum atomic E-state index is -3.75. The topological polar surface area (TPSA) is 96.3 Å². The number of rotatable bonds is 3. The van der Waals surface area contributed by atoms with Gasteiger partial charge in [0.1, 0.15) is 15.9 Å². The van der Waals surface area contributed by atoms with Crippen molar-refractivity contribution in [3.8, 4) is 0 Å². The fourth-order valence-corrected chi connectivity index (χ4v) is 7.51. The van der Waals surface area contributed by atoms with E-state index in [0.717, 1.165) is 30.1 Å². The van der Waals surface area contributed by atoms with Crippen LogP contribution >= 0.6 is 11.7 Å². The summed E-state index contributed by atoms with van der Waals surface area (Å²) in [5.41, 5.74) is 1.43. The first-order chi connectivity index (χ1) is 13.9. The van der Waals surface area contributed by atoms with Crippen LogP contribution in [0.2, 0.25) is 0 Å². The van der Waals surface area contributed by atoms with Gasteiger partial charge >= 0.3 is 0 Å². The second-order valence-electron chi connectivity index (χ2n) is 8.09. The molecular weight excluding hydrogens is 408 g/mol. The van der Waals surface area contributed by atoms with Crippen molar-refractivity contribution in [1.29, 1.82) is 0 Å². The lowest BCUT2D eigenvalue weighted by Gasteiger charge is -2.41. The van der Waals surface area contributed by atoms with Crippen LogP contribution in [0.1, 0.15) is 30.4 Å². The molecular formula is C20H22N4O3S2. The second kappa shape index (κ2) is 6.80. The van der Waals surface area contributed by atoms with Crippen LogP contribution in [0.3, 0.4) is 0 Å². The molecule has 2 aliphatic rings. The Kier molecular flexibility index (Phi) is 4.47. The molecule has 152 valence electrons. The van der Waals surface area contributed by atoms with Crippen LogP contribution in [0, 0.1) is 18.8 Å². The number of aryl methyl sites for hydroxylation is 1. The van der Waals surface area contributed by atoms with E-state index in [2.05, 4.69) is 13.7 Å². The number of nitrogens with zero attached hydrogens (tertiary/aromatic N) is 4. The molecule has 1 saturated carbocycles. The predicted molar refractivity (Wildman–Crippen MR) is 110 cm³/mol. The number of aromatic nitrogens is 3. The number of sulfonamides is 1. The largest absolute Gasteiger partial charge is 0.385 e. The number of pyridine rings is 1. The normalized spacial score (nSPS) is 27.9. The number of benzene rings is 1. The van der Waals surface area contributed by atoms with Crippen LogP contribution in [-0.2, 0) is 15.6 Å². The van der Waals surface area contributed by atoms with E-state index >= 15 is 0 Å². The van der Waals surface area contributed by atoms with Gasteiger partial charge < -0.3 is 5.11 Å². The van der Waals surface area contributed by atoms with Gasteiger partial charge in [-0.1, -0.05) is 12.1 Å². The molecule has 7 nitrogen and oxygen atoms in total. The zero-order valence-corrected chi connectivity index (χ0v) is 17.7. The number of hydrogen-bond acceptors (Lipinski definition) is 7. The summed E-state index contributed by atoms with van der Waals surface area (Å²) in [4.78, 5) is 4.41. The van der Waals surface area contributed by atoms with Gasteiger partial charge in [0.05, 0.1) is 17.3 Å². The van der Waals surface area contributed by atoms with Crippen molar-refractivity contribution in [1.82, 2.24) is 18.0 Å². The monoisotopic (exact) mass is 430 g/mol. The van der Waals surface area contributed by atoms with E-state index in [1.54, 1.807) is 31.5 Å². The summed E-state index contributed by atoms with van der Waals surface area (Å²) >= 11 is 1.02. The van der Waals surface area contributed by atoms with Gasteiger partial charge in [-0.15, -0.1) is 0 Å². The molecule has 1 aliphatic carbocycles. The number of aliphatic hydroxyl groups is 1. The highest BCUT2D eigenvalue weighted by Gasteiger charge is 2.52. The van der Waals surface area contributed by atoms with Crippen molar-refractivity contribution in [2.24, 2.45) is 11.8 Å². The standard InChI is InChI=1S/C20H22N4O3S2/c1-13-6-7-17-18(23-28-22-17)19(13)29(26,27)24-11-14-4-2-8-20(25,16(14)12-24)15-5-3-9-21-10-15/h3,5-7,9-10,14,16,25H,2,4,8,11-12H2,1H3. The van der Waals surface area contributed by atoms with Crippen LogP contribution < -0.4 is 0 Å². The van der Waals surface area contributed by atoms with Crippen molar-refractivity contribution in [3.05, 3.63) is 47.8 Å². The maximum atomic E-state index is 13.6. The molecule has 1 N–H and O–H groups in total. The lowest BCUT2D eigenvalue weighted by atomic mass is 9.68. The molecule has 1 saturated heterocycles. The van der Waals surface area contributed by atoms with Crippen molar-refractivity contribution >= 4 is 32.8 Å². The molecule has 1 aliphatic heterocycles. The van der Waals surface area contributed by atoms with Gasteiger partial charge in [0.15, 0.2) is 0 Å². The minimum absolute atomic E-state index is 0.122. The van der Waals surface area contributed by atoms with E-state index in [0.29, 0.717) is 36.1 Å². The van der Waals surface area contributed by atoms with E-state index in [9.17, 15) is 13.5 Å². The van der Waals surface area contributed by atoms with E-state index in [1.165, 1.54) is 4.31 Å². The lowest BCUT2D eigenvalue weighted by Crippen LogP contribution is -2.43. The Morgan fingerprint density at radius 3 is 2.90 bits per heavy atom. The predicted octanol–water partition coefficient (Wildman–Crippen LogP) is 2.70. The van der Waals surface area contributed by atoms with Crippen LogP contribution in [0.4, 0.5) is 0 Å². The molecule has 1 aromatic carbocycles. The summed E-state index contributed by atoms with van der Waals surface area (Å²) in [6.07, 6.45) is 5.79. The van der Waals surface area contributed by atoms with Crippen molar-refractivity contribution < 1.29 is 13.5 Å². The van der Waals surface area contributed by atoms with Gasteiger partial charge in [-0.2, -0.15) is 13.1 Å². The zero-order chi connectivity index (χ0) is 20.2. The van der Waals surface area contributed by atoms with Crippen LogP contribution in [0.25, 0.3) is 11.0 Å². The average molecular weight is 431 g/mol. The zero-order valence-electron chi connectivity index (χ0n) is 16.0. The molecule has 9 heteroatoms. The van der Waals surface area contributed by atoms with Crippen LogP contribution in [0.15, 0.2) is 41.6 Å². The molecule has 0 radical (unpaired) electrons. The summed E-state index contributed by atoms with van der Waals surface area (Å²) in [5, 5.41) is 11.6. The molecule has 0 spiro atoms. The number of hydrogen-bond donors (Lipinski definition) is 1. The average Bonchev–Trinajstić information content (AvgIpc) is 3.36. The van der Waals surface area contributed by atoms with E-state index in [-0.39, 0.29) is 16.7 Å². The lowest BCUT2D eigenvalue weighted by molar-refractivity contribution is -0.0643. The van der Waals surface area contributed by atoms with E-state index < -0.39 is 15.6 Å². The molecule has 2 fully saturated rings. The Hall–Kier alpha value is -1.94. The highest BCUT2D eigenvalue weighted by Crippen LogP contribution is 2.49. The molecule has 3 heterocycles. The SMILES string of the molecule is Cc1ccc2nsnc2c1S(=O)(=O)N1CC2CCCC(O)(c3cccnc3)C2C1. The van der Waals surface area contributed by atoms with Crippen LogP contribution in [-0.4, -0.2) is 44.7 Å². The molecule has 0 bridgehead atoms. The first-order valence-electron chi connectivity index (χ1n) is 9.76. The summed E-state index contributed by atoms with van der Waals surface area (Å²) < 4.78 is 37.2. The molecule has 3 atom stereocenters. The fraction of sp³-hybridized carbons (Fsp3) is 0.450. The molecule has 0 amide bonds. The summed E-state index contributed by atoms with van der Waals surface area (Å²) in [5.74, 6) is -0.0277. The molecule has 5 rings (SSSR count). The van der Waals surface area contributed by atoms with Crippen molar-refractivity contribution in [2.45, 2.75) is 36.7 Å². The third-order valence-corrected chi connectivity index (χ3v) is 9.04. The molecule has 2 aromatic heterocycles. The second-order valence-corrected chi connectivity index (χ2v) is 10.5. The van der Waals surface area contributed by atoms with Gasteiger partial charge in [0, 0.05) is 37.0 Å². The van der Waals surface area contributed by atoms with Gasteiger partial charge in [-0.05, 0) is 49.8 Å². The third kappa shape index (κ3) is 2.91. The van der Waals surface area contributed by atoms with Gasteiger partial charge in [-0.3, -0.25) is 4.98 Å². The minimum Gasteiger partial charge on any atom is -0.385 e. The van der Waals surface area contributed by atoms with Gasteiger partial charge in [0.25, 0.3) is 0 Å². The summed E-state index contributed by atoms with van der Waals surface area (Å²) in [6.45, 7) is 2.51. The Labute approximate surface area is 173 Å². The molecule has 29 heavy (non-hydrogen) atoms. The Morgan fingerprint density at radius 2 is 2.10 bits per heavy atom. The summed E-state index contributed by atoms with van der Waals surface area (Å²) in [7, 11) is -3.75. The first-order valence-corrected chi connectivity index (χ1v) is 11.9. The maximum Gasteiger partial charge on any atom is 0.245 e. The van der Waals surface area contributed by atoms with Crippen molar-refractivity contribution in [3.63, 3.8) is 0 Å². The fourth-order valence-electron chi connectivity index (χ4n) is 5.04. The van der Waals surface area contributed by atoms with E-state index in [1.807, 2.05) is 12.1 Å². The van der Waals surface area contributed by atoms with Crippen molar-refractivity contribution in [2.75, 3.05) is 13.1 Å². The smallest absolute Gasteiger partial charge is 0.245 e. The third-order valence-electron chi connectivity index (χ3n) is 6.49. The molecule has 3 aromatic rings. The van der Waals surface area contributed by atoms with Gasteiger partial charge in [-0.25, -0.2) is 8.42 Å². The Morgan fingerprint density at radius 1 is 1.24 bits per heavy atom. The quantitative estimate of drug-likeness (QED) is 0.686. The highest BCUT2D eigenvalue weighted by atomic mass is 32.2. The number of fused-ring (bicyclic) bond motifs is 2. The van der Waals surface area contributed by atoms with E-state index in [4.69, 9.17) is 0 Å². The van der Waals surface area contributed by atoms with Gasteiger partial charge in [0.2, 0.25) is 10.0 Å². The highest BCUT2D eigenvalue weighted by molar-refractivity contribution is 7.89. The first kappa shape index (κ1) is 19.0.